The van der Waals surface area contributed by atoms with Crippen molar-refractivity contribution in [2.75, 3.05) is 26.2 Å². The molecule has 0 atom stereocenters. The standard InChI is InChI=1S/C18H19Cl2F2N5O3/c1-11-17(27(29)30)16(18(21)22)23-26(11)10-15(28)25-6-4-24(5-7-25)9-12-2-3-13(19)8-14(12)20/h2-3,8,18H,4-7,9-10H2,1H3. The fraction of sp³-hybridized carbons (Fsp3) is 0.444. The Hall–Kier alpha value is -2.30. The van der Waals surface area contributed by atoms with Gasteiger partial charge in [-0.3, -0.25) is 24.5 Å². The van der Waals surface area contributed by atoms with E-state index in [4.69, 9.17) is 23.2 Å². The van der Waals surface area contributed by atoms with Gasteiger partial charge in [-0.15, -0.1) is 0 Å². The van der Waals surface area contributed by atoms with Crippen LogP contribution in [0, 0.1) is 17.0 Å². The molecule has 0 radical (unpaired) electrons. The Morgan fingerprint density at radius 1 is 1.27 bits per heavy atom. The number of alkyl halides is 2. The molecule has 0 unspecified atom stereocenters. The molecule has 1 aromatic heterocycles. The number of aromatic nitrogens is 2. The molecule has 1 saturated heterocycles. The number of nitrogens with zero attached hydrogens (tertiary/aromatic N) is 5. The second-order valence-corrected chi connectivity index (χ2v) is 7.77. The van der Waals surface area contributed by atoms with E-state index in [0.717, 1.165) is 10.2 Å². The Bertz CT molecular complexity index is 962. The van der Waals surface area contributed by atoms with Gasteiger partial charge in [-0.1, -0.05) is 29.3 Å². The van der Waals surface area contributed by atoms with Gasteiger partial charge < -0.3 is 4.90 Å². The van der Waals surface area contributed by atoms with Gasteiger partial charge in [-0.05, 0) is 24.6 Å². The number of amides is 1. The minimum absolute atomic E-state index is 0.0698. The summed E-state index contributed by atoms with van der Waals surface area (Å²) in [6, 6.07) is 5.30. The second kappa shape index (κ2) is 9.23. The van der Waals surface area contributed by atoms with E-state index in [9.17, 15) is 23.7 Å². The molecule has 8 nitrogen and oxygen atoms in total. The number of halogens is 4. The van der Waals surface area contributed by atoms with Crippen LogP contribution in [0.4, 0.5) is 14.5 Å². The van der Waals surface area contributed by atoms with Gasteiger partial charge in [0.1, 0.15) is 12.2 Å². The van der Waals surface area contributed by atoms with Gasteiger partial charge >= 0.3 is 5.69 Å². The number of carbonyl (C=O) groups excluding carboxylic acids is 1. The number of hydrogen-bond donors (Lipinski definition) is 0. The van der Waals surface area contributed by atoms with Crippen LogP contribution in [0.3, 0.4) is 0 Å². The highest BCUT2D eigenvalue weighted by Crippen LogP contribution is 2.31. The lowest BCUT2D eigenvalue weighted by Gasteiger charge is -2.35. The fourth-order valence-corrected chi connectivity index (χ4v) is 3.83. The third-order valence-electron chi connectivity index (χ3n) is 5.01. The Balaban J connectivity index is 1.61. The number of piperazine rings is 1. The number of hydrogen-bond acceptors (Lipinski definition) is 5. The van der Waals surface area contributed by atoms with E-state index < -0.39 is 22.7 Å². The van der Waals surface area contributed by atoms with Crippen LogP contribution in [0.15, 0.2) is 18.2 Å². The lowest BCUT2D eigenvalue weighted by Crippen LogP contribution is -2.49. The highest BCUT2D eigenvalue weighted by molar-refractivity contribution is 6.35. The first-order chi connectivity index (χ1) is 14.2. The zero-order valence-electron chi connectivity index (χ0n) is 16.0. The number of rotatable bonds is 6. The number of benzene rings is 1. The van der Waals surface area contributed by atoms with E-state index in [1.807, 2.05) is 6.07 Å². The SMILES string of the molecule is Cc1c([N+](=O)[O-])c(C(F)F)nn1CC(=O)N1CCN(Cc2ccc(Cl)cc2Cl)CC1. The molecular formula is C18H19Cl2F2N5O3. The molecule has 1 amide bonds. The van der Waals surface area contributed by atoms with Crippen LogP contribution in [0.25, 0.3) is 0 Å². The first-order valence-corrected chi connectivity index (χ1v) is 9.87. The molecular weight excluding hydrogens is 443 g/mol. The first-order valence-electron chi connectivity index (χ1n) is 9.11. The quantitative estimate of drug-likeness (QED) is 0.483. The first kappa shape index (κ1) is 22.4. The molecule has 2 aromatic rings. The summed E-state index contributed by atoms with van der Waals surface area (Å²) in [5, 5.41) is 15.8. The molecule has 30 heavy (non-hydrogen) atoms. The molecule has 1 aliphatic heterocycles. The monoisotopic (exact) mass is 461 g/mol. The van der Waals surface area contributed by atoms with E-state index in [-0.39, 0.29) is 18.1 Å². The van der Waals surface area contributed by atoms with E-state index in [1.165, 1.54) is 6.92 Å². The summed E-state index contributed by atoms with van der Waals surface area (Å²) in [4.78, 5) is 26.5. The Morgan fingerprint density at radius 2 is 1.93 bits per heavy atom. The van der Waals surface area contributed by atoms with Crippen molar-refractivity contribution in [1.29, 1.82) is 0 Å². The predicted molar refractivity (Wildman–Crippen MR) is 107 cm³/mol. The van der Waals surface area contributed by atoms with E-state index in [2.05, 4.69) is 10.00 Å². The molecule has 0 N–H and O–H groups in total. The summed E-state index contributed by atoms with van der Waals surface area (Å²) in [7, 11) is 0. The topological polar surface area (TPSA) is 84.5 Å². The van der Waals surface area contributed by atoms with Crippen molar-refractivity contribution in [3.8, 4) is 0 Å². The summed E-state index contributed by atoms with van der Waals surface area (Å²) in [6.45, 7) is 3.67. The Kier molecular flexibility index (Phi) is 6.89. The van der Waals surface area contributed by atoms with Gasteiger partial charge in [0.15, 0.2) is 0 Å². The van der Waals surface area contributed by atoms with Crippen LogP contribution in [-0.2, 0) is 17.9 Å². The lowest BCUT2D eigenvalue weighted by atomic mass is 10.2. The summed E-state index contributed by atoms with van der Waals surface area (Å²) in [6.07, 6.45) is -3.09. The van der Waals surface area contributed by atoms with Gasteiger partial charge in [0, 0.05) is 42.8 Å². The van der Waals surface area contributed by atoms with Crippen LogP contribution in [0.2, 0.25) is 10.0 Å². The van der Waals surface area contributed by atoms with Crippen molar-refractivity contribution in [3.63, 3.8) is 0 Å². The molecule has 0 saturated carbocycles. The number of carbonyl (C=O) groups is 1. The maximum absolute atomic E-state index is 13.0. The van der Waals surface area contributed by atoms with Crippen LogP contribution in [0.1, 0.15) is 23.4 Å². The van der Waals surface area contributed by atoms with Gasteiger partial charge in [-0.25, -0.2) is 8.78 Å². The van der Waals surface area contributed by atoms with Crippen LogP contribution < -0.4 is 0 Å². The molecule has 1 fully saturated rings. The largest absolute Gasteiger partial charge is 0.339 e. The Labute approximate surface area is 181 Å². The minimum atomic E-state index is -3.09. The highest BCUT2D eigenvalue weighted by Gasteiger charge is 2.32. The minimum Gasteiger partial charge on any atom is -0.339 e. The molecule has 162 valence electrons. The van der Waals surface area contributed by atoms with E-state index in [1.54, 1.807) is 17.0 Å². The van der Waals surface area contributed by atoms with Crippen molar-refractivity contribution >= 4 is 34.8 Å². The molecule has 12 heteroatoms. The third-order valence-corrected chi connectivity index (χ3v) is 5.60. The zero-order chi connectivity index (χ0) is 22.0. The zero-order valence-corrected chi connectivity index (χ0v) is 17.5. The molecule has 3 rings (SSSR count). The molecule has 1 aliphatic rings. The van der Waals surface area contributed by atoms with E-state index >= 15 is 0 Å². The molecule has 0 aliphatic carbocycles. The smallest absolute Gasteiger partial charge is 0.319 e. The second-order valence-electron chi connectivity index (χ2n) is 6.93. The van der Waals surface area contributed by atoms with Crippen molar-refractivity contribution < 1.29 is 18.5 Å². The van der Waals surface area contributed by atoms with Crippen LogP contribution in [0.5, 0.6) is 0 Å². The predicted octanol–water partition coefficient (Wildman–Crippen LogP) is 3.69. The fourth-order valence-electron chi connectivity index (χ4n) is 3.36. The van der Waals surface area contributed by atoms with Crippen molar-refractivity contribution in [1.82, 2.24) is 19.6 Å². The average molecular weight is 462 g/mol. The van der Waals surface area contributed by atoms with Crippen molar-refractivity contribution in [2.24, 2.45) is 0 Å². The average Bonchev–Trinajstić information content (AvgIpc) is 3.01. The summed E-state index contributed by atoms with van der Waals surface area (Å²) in [5.41, 5.74) is -0.808. The normalized spacial score (nSPS) is 15.1. The van der Waals surface area contributed by atoms with E-state index in [0.29, 0.717) is 42.8 Å². The van der Waals surface area contributed by atoms with Gasteiger partial charge in [0.05, 0.1) is 4.92 Å². The molecule has 0 bridgehead atoms. The number of nitro groups is 1. The van der Waals surface area contributed by atoms with Crippen LogP contribution in [-0.4, -0.2) is 56.6 Å². The van der Waals surface area contributed by atoms with Gasteiger partial charge in [-0.2, -0.15) is 5.10 Å². The molecule has 0 spiro atoms. The summed E-state index contributed by atoms with van der Waals surface area (Å²) < 4.78 is 27.1. The molecule has 1 aromatic carbocycles. The molecule has 2 heterocycles. The third kappa shape index (κ3) is 4.88. The van der Waals surface area contributed by atoms with Gasteiger partial charge in [0.2, 0.25) is 11.6 Å². The maximum Gasteiger partial charge on any atom is 0.319 e. The summed E-state index contributed by atoms with van der Waals surface area (Å²) >= 11 is 12.1. The van der Waals surface area contributed by atoms with Gasteiger partial charge in [0.25, 0.3) is 6.43 Å². The van der Waals surface area contributed by atoms with Crippen LogP contribution >= 0.6 is 23.2 Å². The van der Waals surface area contributed by atoms with Crippen molar-refractivity contribution in [3.05, 3.63) is 55.3 Å². The highest BCUT2D eigenvalue weighted by atomic mass is 35.5. The lowest BCUT2D eigenvalue weighted by molar-refractivity contribution is -0.386. The maximum atomic E-state index is 13.0. The summed E-state index contributed by atoms with van der Waals surface area (Å²) in [5.74, 6) is -0.333. The Morgan fingerprint density at radius 3 is 2.47 bits per heavy atom. The van der Waals surface area contributed by atoms with Crippen molar-refractivity contribution in [2.45, 2.75) is 26.4 Å².